The Balaban J connectivity index is 2.40. The van der Waals surface area contributed by atoms with Crippen LogP contribution in [0.3, 0.4) is 0 Å². The third-order valence-corrected chi connectivity index (χ3v) is 1.16. The minimum Gasteiger partial charge on any atom is -0.126 e. The summed E-state index contributed by atoms with van der Waals surface area (Å²) < 4.78 is 0. The number of nitrogens with zero attached hydrogens (tertiary/aromatic N) is 2. The first kappa shape index (κ1) is 3.13. The van der Waals surface area contributed by atoms with Crippen molar-refractivity contribution in [3.63, 3.8) is 0 Å². The van der Waals surface area contributed by atoms with E-state index in [0.717, 1.165) is 12.2 Å². The number of rotatable bonds is 0. The first-order valence-electron chi connectivity index (χ1n) is 2.21. The Morgan fingerprint density at radius 3 is 2.14 bits per heavy atom. The average molecular weight is 92.1 g/mol. The molecule has 0 saturated heterocycles. The zero-order valence-corrected chi connectivity index (χ0v) is 3.81. The van der Waals surface area contributed by atoms with Gasteiger partial charge < -0.3 is 0 Å². The van der Waals surface area contributed by atoms with Crippen molar-refractivity contribution in [2.75, 3.05) is 0 Å². The Kier molecular flexibility index (Phi) is 0.308. The maximum absolute atomic E-state index is 3.73. The standard InChI is InChI=1S/C5H4N2/c1-3-2-4(3)5-6-7-5/h1-2H2. The molecule has 0 aromatic carbocycles. The Hall–Kier alpha value is -0.920. The molecule has 0 spiro atoms. The SMILES string of the molecule is C=C1CC1=C1N=N1. The molecule has 2 rings (SSSR count). The predicted molar refractivity (Wildman–Crippen MR) is 25.6 cm³/mol. The van der Waals surface area contributed by atoms with Crippen LogP contribution in [-0.2, 0) is 0 Å². The molecule has 1 saturated carbocycles. The van der Waals surface area contributed by atoms with Gasteiger partial charge >= 0.3 is 0 Å². The van der Waals surface area contributed by atoms with Gasteiger partial charge in [0.1, 0.15) is 0 Å². The van der Waals surface area contributed by atoms with E-state index in [1.54, 1.807) is 0 Å². The van der Waals surface area contributed by atoms with E-state index in [-0.39, 0.29) is 0 Å². The molecule has 0 unspecified atom stereocenters. The van der Waals surface area contributed by atoms with E-state index in [2.05, 4.69) is 16.8 Å². The van der Waals surface area contributed by atoms with Crippen LogP contribution in [0.15, 0.2) is 33.8 Å². The van der Waals surface area contributed by atoms with Crippen LogP contribution >= 0.6 is 0 Å². The van der Waals surface area contributed by atoms with Crippen LogP contribution in [0.5, 0.6) is 0 Å². The lowest BCUT2D eigenvalue weighted by molar-refractivity contribution is 1.59. The van der Waals surface area contributed by atoms with E-state index < -0.39 is 0 Å². The minimum atomic E-state index is 0.935. The second kappa shape index (κ2) is 0.689. The van der Waals surface area contributed by atoms with Crippen molar-refractivity contribution in [2.45, 2.75) is 6.42 Å². The van der Waals surface area contributed by atoms with E-state index in [1.807, 2.05) is 0 Å². The normalized spacial score (nSPS) is 23.7. The highest BCUT2D eigenvalue weighted by Gasteiger charge is 2.27. The molecule has 0 atom stereocenters. The van der Waals surface area contributed by atoms with Gasteiger partial charge in [-0.05, 0) is 5.57 Å². The number of hydrogen-bond acceptors (Lipinski definition) is 2. The van der Waals surface area contributed by atoms with Crippen LogP contribution in [-0.4, -0.2) is 0 Å². The summed E-state index contributed by atoms with van der Waals surface area (Å²) in [6.45, 7) is 3.73. The van der Waals surface area contributed by atoms with Crippen molar-refractivity contribution in [3.05, 3.63) is 23.5 Å². The Labute approximate surface area is 41.3 Å². The van der Waals surface area contributed by atoms with E-state index in [4.69, 9.17) is 0 Å². The van der Waals surface area contributed by atoms with Crippen molar-refractivity contribution in [3.8, 4) is 0 Å². The fraction of sp³-hybridized carbons (Fsp3) is 0.200. The van der Waals surface area contributed by atoms with Gasteiger partial charge in [-0.1, -0.05) is 6.58 Å². The van der Waals surface area contributed by atoms with E-state index in [0.29, 0.717) is 0 Å². The fourth-order valence-corrected chi connectivity index (χ4v) is 0.552. The molecule has 7 heavy (non-hydrogen) atoms. The Morgan fingerprint density at radius 1 is 1.43 bits per heavy atom. The lowest BCUT2D eigenvalue weighted by Gasteiger charge is -1.53. The van der Waals surface area contributed by atoms with Crippen LogP contribution in [0, 0.1) is 0 Å². The van der Waals surface area contributed by atoms with Crippen LogP contribution < -0.4 is 0 Å². The van der Waals surface area contributed by atoms with E-state index in [1.165, 1.54) is 11.1 Å². The molecular formula is C5H4N2. The van der Waals surface area contributed by atoms with Gasteiger partial charge in [0.2, 0.25) is 0 Å². The molecule has 1 heterocycles. The molecule has 34 valence electrons. The molecule has 0 radical (unpaired) electrons. The molecule has 0 aromatic rings. The quantitative estimate of drug-likeness (QED) is 0.433. The van der Waals surface area contributed by atoms with E-state index >= 15 is 0 Å². The molecule has 2 heteroatoms. The van der Waals surface area contributed by atoms with Gasteiger partial charge in [0.05, 0.1) is 0 Å². The van der Waals surface area contributed by atoms with Crippen molar-refractivity contribution in [2.24, 2.45) is 10.2 Å². The van der Waals surface area contributed by atoms with Crippen LogP contribution in [0.1, 0.15) is 6.42 Å². The third kappa shape index (κ3) is 0.330. The molecule has 1 fully saturated rings. The fourth-order valence-electron chi connectivity index (χ4n) is 0.552. The lowest BCUT2D eigenvalue weighted by Crippen LogP contribution is -1.41. The van der Waals surface area contributed by atoms with Gasteiger partial charge in [-0.15, -0.1) is 10.2 Å². The summed E-state index contributed by atoms with van der Waals surface area (Å²) in [5.41, 5.74) is 2.47. The maximum atomic E-state index is 3.73. The largest absolute Gasteiger partial charge is 0.200 e. The Morgan fingerprint density at radius 2 is 2.00 bits per heavy atom. The summed E-state index contributed by atoms with van der Waals surface area (Å²) in [6.07, 6.45) is 1.04. The monoisotopic (exact) mass is 92.0 g/mol. The van der Waals surface area contributed by atoms with Crippen molar-refractivity contribution in [1.82, 2.24) is 0 Å². The predicted octanol–water partition coefficient (Wildman–Crippen LogP) is 1.62. The van der Waals surface area contributed by atoms with Crippen LogP contribution in [0.2, 0.25) is 0 Å². The molecule has 0 bridgehead atoms. The molecule has 0 amide bonds. The molecule has 0 aromatic heterocycles. The van der Waals surface area contributed by atoms with E-state index in [9.17, 15) is 0 Å². The van der Waals surface area contributed by atoms with Gasteiger partial charge in [-0.25, -0.2) is 0 Å². The molecule has 1 aliphatic carbocycles. The first-order chi connectivity index (χ1) is 3.38. The van der Waals surface area contributed by atoms with Crippen LogP contribution in [0.4, 0.5) is 0 Å². The van der Waals surface area contributed by atoms with Gasteiger partial charge in [0.15, 0.2) is 5.82 Å². The van der Waals surface area contributed by atoms with Gasteiger partial charge in [-0.3, -0.25) is 0 Å². The van der Waals surface area contributed by atoms with Crippen molar-refractivity contribution in [1.29, 1.82) is 0 Å². The zero-order valence-electron chi connectivity index (χ0n) is 3.81. The maximum Gasteiger partial charge on any atom is 0.200 e. The molecule has 2 aliphatic rings. The molecular weight excluding hydrogens is 88.1 g/mol. The highest BCUT2D eigenvalue weighted by molar-refractivity contribution is 5.52. The summed E-state index contributed by atoms with van der Waals surface area (Å²) in [5, 5.41) is 7.32. The second-order valence-electron chi connectivity index (χ2n) is 1.78. The summed E-state index contributed by atoms with van der Waals surface area (Å²) in [6, 6.07) is 0. The third-order valence-electron chi connectivity index (χ3n) is 1.16. The van der Waals surface area contributed by atoms with Crippen molar-refractivity contribution >= 4 is 0 Å². The second-order valence-corrected chi connectivity index (χ2v) is 1.78. The summed E-state index contributed by atoms with van der Waals surface area (Å²) in [5.74, 6) is 0.935. The van der Waals surface area contributed by atoms with Gasteiger partial charge in [-0.2, -0.15) is 0 Å². The Bertz CT molecular complexity index is 190. The summed E-state index contributed by atoms with van der Waals surface area (Å²) in [4.78, 5) is 0. The molecule has 0 N–H and O–H groups in total. The first-order valence-corrected chi connectivity index (χ1v) is 2.21. The topological polar surface area (TPSA) is 24.7 Å². The minimum absolute atomic E-state index is 0.935. The average Bonchev–Trinajstić information content (AvgIpc) is 2.23. The molecule has 1 aliphatic heterocycles. The molecule has 2 nitrogen and oxygen atoms in total. The summed E-state index contributed by atoms with van der Waals surface area (Å²) >= 11 is 0. The van der Waals surface area contributed by atoms with Gasteiger partial charge in [0.25, 0.3) is 0 Å². The van der Waals surface area contributed by atoms with Gasteiger partial charge in [0, 0.05) is 12.0 Å². The van der Waals surface area contributed by atoms with Crippen molar-refractivity contribution < 1.29 is 0 Å². The number of hydrogen-bond donors (Lipinski definition) is 0. The lowest BCUT2D eigenvalue weighted by atomic mass is 10.6. The smallest absolute Gasteiger partial charge is 0.126 e. The zero-order chi connectivity index (χ0) is 4.85. The summed E-state index contributed by atoms with van der Waals surface area (Å²) in [7, 11) is 0. The van der Waals surface area contributed by atoms with Crippen LogP contribution in [0.25, 0.3) is 0 Å². The number of allylic oxidation sites excluding steroid dienone is 2. The highest BCUT2D eigenvalue weighted by atomic mass is 15.4. The highest BCUT2D eigenvalue weighted by Crippen LogP contribution is 2.42.